The van der Waals surface area contributed by atoms with E-state index in [2.05, 4.69) is 0 Å². The number of benzene rings is 1. The van der Waals surface area contributed by atoms with Crippen molar-refractivity contribution in [2.45, 2.75) is 0 Å². The molecule has 1 aromatic rings. The second kappa shape index (κ2) is 3.75. The minimum atomic E-state index is -0.391. The zero-order valence-corrected chi connectivity index (χ0v) is 8.33. The summed E-state index contributed by atoms with van der Waals surface area (Å²) in [6.07, 6.45) is 2.00. The maximum atomic E-state index is 10.9. The lowest BCUT2D eigenvalue weighted by molar-refractivity contribution is 0.237. The summed E-state index contributed by atoms with van der Waals surface area (Å²) in [6.45, 7) is 0.588. The van der Waals surface area contributed by atoms with Crippen molar-refractivity contribution in [1.29, 1.82) is 0 Å². The van der Waals surface area contributed by atoms with Crippen LogP contribution >= 0.6 is 11.9 Å². The summed E-state index contributed by atoms with van der Waals surface area (Å²) in [5.41, 5.74) is 6.30. The molecule has 4 heteroatoms. The Morgan fingerprint density at radius 3 is 2.64 bits per heavy atom. The molecule has 0 radical (unpaired) electrons. The van der Waals surface area contributed by atoms with Gasteiger partial charge in [0, 0.05) is 4.91 Å². The van der Waals surface area contributed by atoms with Gasteiger partial charge in [-0.1, -0.05) is 30.3 Å². The molecule has 0 bridgehead atoms. The molecule has 0 aliphatic carbocycles. The molecule has 72 valence electrons. The van der Waals surface area contributed by atoms with Crippen LogP contribution in [0, 0.1) is 0 Å². The molecule has 0 saturated carbocycles. The van der Waals surface area contributed by atoms with Crippen LogP contribution in [-0.2, 0) is 0 Å². The van der Waals surface area contributed by atoms with E-state index in [9.17, 15) is 4.79 Å². The van der Waals surface area contributed by atoms with Gasteiger partial charge in [-0.15, -0.1) is 0 Å². The predicted molar refractivity (Wildman–Crippen MR) is 58.3 cm³/mol. The molecule has 2 amide bonds. The molecule has 1 aliphatic heterocycles. The van der Waals surface area contributed by atoms with E-state index < -0.39 is 6.03 Å². The van der Waals surface area contributed by atoms with E-state index in [1.54, 1.807) is 0 Å². The van der Waals surface area contributed by atoms with Gasteiger partial charge in [-0.05, 0) is 23.6 Å². The number of carbonyl (C=O) groups is 1. The monoisotopic (exact) mass is 206 g/mol. The fraction of sp³-hybridized carbons (Fsp3) is 0.100. The molecule has 1 aliphatic rings. The highest BCUT2D eigenvalue weighted by molar-refractivity contribution is 8.06. The van der Waals surface area contributed by atoms with E-state index in [0.29, 0.717) is 6.54 Å². The summed E-state index contributed by atoms with van der Waals surface area (Å²) in [4.78, 5) is 12.0. The summed E-state index contributed by atoms with van der Waals surface area (Å²) in [7, 11) is 0. The average Bonchev–Trinajstić information content (AvgIpc) is 2.68. The Morgan fingerprint density at radius 1 is 1.36 bits per heavy atom. The van der Waals surface area contributed by atoms with Gasteiger partial charge in [0.2, 0.25) is 0 Å². The Bertz CT molecular complexity index is 375. The molecular weight excluding hydrogens is 196 g/mol. The summed E-state index contributed by atoms with van der Waals surface area (Å²) >= 11 is 1.39. The van der Waals surface area contributed by atoms with E-state index in [1.165, 1.54) is 16.3 Å². The van der Waals surface area contributed by atoms with Crippen LogP contribution in [0.3, 0.4) is 0 Å². The molecular formula is C10H10N2OS. The lowest BCUT2D eigenvalue weighted by Crippen LogP contribution is -2.27. The first kappa shape index (κ1) is 9.15. The smallest absolute Gasteiger partial charge is 0.325 e. The topological polar surface area (TPSA) is 46.3 Å². The molecule has 0 spiro atoms. The zero-order valence-electron chi connectivity index (χ0n) is 7.51. The summed E-state index contributed by atoms with van der Waals surface area (Å²) in [5.74, 6) is 0. The Balaban J connectivity index is 2.13. The van der Waals surface area contributed by atoms with Crippen LogP contribution < -0.4 is 5.73 Å². The quantitative estimate of drug-likeness (QED) is 0.715. The number of nitrogens with two attached hydrogens (primary N) is 1. The lowest BCUT2D eigenvalue weighted by atomic mass is 10.2. The van der Waals surface area contributed by atoms with Crippen molar-refractivity contribution in [3.8, 4) is 0 Å². The van der Waals surface area contributed by atoms with Crippen LogP contribution in [-0.4, -0.2) is 16.9 Å². The third-order valence-electron chi connectivity index (χ3n) is 1.96. The normalized spacial score (nSPS) is 15.4. The van der Waals surface area contributed by atoms with Gasteiger partial charge in [-0.3, -0.25) is 4.31 Å². The third-order valence-corrected chi connectivity index (χ3v) is 3.10. The fourth-order valence-corrected chi connectivity index (χ4v) is 2.13. The molecule has 3 nitrogen and oxygen atoms in total. The highest BCUT2D eigenvalue weighted by Crippen LogP contribution is 2.34. The first-order chi connectivity index (χ1) is 6.77. The SMILES string of the molecule is NC(=O)N1CC=C(c2ccccc2)S1. The van der Waals surface area contributed by atoms with Crippen molar-refractivity contribution < 1.29 is 4.79 Å². The van der Waals surface area contributed by atoms with Gasteiger partial charge >= 0.3 is 6.03 Å². The number of amides is 2. The molecule has 2 N–H and O–H groups in total. The molecule has 0 fully saturated rings. The van der Waals surface area contributed by atoms with Gasteiger partial charge in [-0.2, -0.15) is 0 Å². The molecule has 2 rings (SSSR count). The van der Waals surface area contributed by atoms with E-state index in [-0.39, 0.29) is 0 Å². The minimum absolute atomic E-state index is 0.391. The molecule has 0 unspecified atom stereocenters. The van der Waals surface area contributed by atoms with Gasteiger partial charge in [0.05, 0.1) is 6.54 Å². The second-order valence-electron chi connectivity index (χ2n) is 2.92. The number of hydrogen-bond donors (Lipinski definition) is 1. The molecule has 1 heterocycles. The summed E-state index contributed by atoms with van der Waals surface area (Å²) in [5, 5.41) is 0. The zero-order chi connectivity index (χ0) is 9.97. The van der Waals surface area contributed by atoms with Crippen molar-refractivity contribution in [1.82, 2.24) is 4.31 Å². The van der Waals surface area contributed by atoms with Gasteiger partial charge in [0.15, 0.2) is 0 Å². The molecule has 14 heavy (non-hydrogen) atoms. The Labute approximate surface area is 86.7 Å². The first-order valence-corrected chi connectivity index (χ1v) is 5.05. The minimum Gasteiger partial charge on any atom is -0.351 e. The maximum absolute atomic E-state index is 10.9. The van der Waals surface area contributed by atoms with Crippen molar-refractivity contribution >= 4 is 22.9 Å². The number of carbonyl (C=O) groups excluding carboxylic acids is 1. The van der Waals surface area contributed by atoms with Crippen LogP contribution in [0.15, 0.2) is 36.4 Å². The van der Waals surface area contributed by atoms with E-state index in [4.69, 9.17) is 5.73 Å². The fourth-order valence-electron chi connectivity index (χ4n) is 1.27. The lowest BCUT2D eigenvalue weighted by Gasteiger charge is -2.10. The van der Waals surface area contributed by atoms with E-state index >= 15 is 0 Å². The largest absolute Gasteiger partial charge is 0.351 e. The van der Waals surface area contributed by atoms with Crippen LogP contribution in [0.5, 0.6) is 0 Å². The van der Waals surface area contributed by atoms with Crippen LogP contribution in [0.4, 0.5) is 4.79 Å². The number of hydrogen-bond acceptors (Lipinski definition) is 2. The molecule has 0 aromatic heterocycles. The second-order valence-corrected chi connectivity index (χ2v) is 3.99. The van der Waals surface area contributed by atoms with E-state index in [1.807, 2.05) is 36.4 Å². The van der Waals surface area contributed by atoms with Crippen LogP contribution in [0.2, 0.25) is 0 Å². The van der Waals surface area contributed by atoms with Gasteiger partial charge in [-0.25, -0.2) is 4.79 Å². The number of rotatable bonds is 1. The Kier molecular flexibility index (Phi) is 2.45. The van der Waals surface area contributed by atoms with Gasteiger partial charge in [0.25, 0.3) is 0 Å². The van der Waals surface area contributed by atoms with Crippen molar-refractivity contribution in [2.75, 3.05) is 6.54 Å². The van der Waals surface area contributed by atoms with Crippen molar-refractivity contribution in [2.24, 2.45) is 5.73 Å². The van der Waals surface area contributed by atoms with Crippen LogP contribution in [0.25, 0.3) is 4.91 Å². The summed E-state index contributed by atoms with van der Waals surface area (Å²) in [6, 6.07) is 9.56. The van der Waals surface area contributed by atoms with Crippen LogP contribution in [0.1, 0.15) is 5.56 Å². The molecule has 1 aromatic carbocycles. The highest BCUT2D eigenvalue weighted by atomic mass is 32.2. The Morgan fingerprint density at radius 2 is 2.07 bits per heavy atom. The number of nitrogens with zero attached hydrogens (tertiary/aromatic N) is 1. The van der Waals surface area contributed by atoms with E-state index in [0.717, 1.165) is 10.5 Å². The highest BCUT2D eigenvalue weighted by Gasteiger charge is 2.18. The summed E-state index contributed by atoms with van der Waals surface area (Å²) < 4.78 is 1.53. The van der Waals surface area contributed by atoms with Crippen molar-refractivity contribution in [3.63, 3.8) is 0 Å². The molecule has 0 atom stereocenters. The van der Waals surface area contributed by atoms with Gasteiger partial charge in [0.1, 0.15) is 0 Å². The first-order valence-electron chi connectivity index (χ1n) is 4.28. The average molecular weight is 206 g/mol. The maximum Gasteiger partial charge on any atom is 0.325 e. The third kappa shape index (κ3) is 1.75. The standard InChI is InChI=1S/C10H10N2OS/c11-10(13)12-7-6-9(14-12)8-4-2-1-3-5-8/h1-6H,7H2,(H2,11,13). The number of primary amides is 1. The number of urea groups is 1. The van der Waals surface area contributed by atoms with Gasteiger partial charge < -0.3 is 5.73 Å². The molecule has 0 saturated heterocycles. The van der Waals surface area contributed by atoms with Crippen molar-refractivity contribution in [3.05, 3.63) is 42.0 Å². The predicted octanol–water partition coefficient (Wildman–Crippen LogP) is 2.07. The Hall–Kier alpha value is -1.42.